The predicted octanol–water partition coefficient (Wildman–Crippen LogP) is 3.92. The van der Waals surface area contributed by atoms with Gasteiger partial charge < -0.3 is 10.1 Å². The molecule has 0 aliphatic heterocycles. The second-order valence-corrected chi connectivity index (χ2v) is 6.60. The highest BCUT2D eigenvalue weighted by Crippen LogP contribution is 2.38. The Morgan fingerprint density at radius 3 is 3.04 bits per heavy atom. The van der Waals surface area contributed by atoms with Gasteiger partial charge in [0.15, 0.2) is 6.61 Å². The van der Waals surface area contributed by atoms with Crippen LogP contribution in [-0.4, -0.2) is 12.5 Å². The molecule has 0 saturated heterocycles. The number of thiophene rings is 1. The van der Waals surface area contributed by atoms with Gasteiger partial charge in [0.05, 0.1) is 10.6 Å². The highest BCUT2D eigenvalue weighted by atomic mass is 35.5. The summed E-state index contributed by atoms with van der Waals surface area (Å²) in [4.78, 5) is 13.2. The standard InChI is InChI=1S/C16H12ClFN2O2S/c17-12-6-9(18)4-5-13(12)22-8-15(21)20-16-11(7-19)10-2-1-3-14(10)23-16/h4-6H,1-3,8H2,(H,20,21). The van der Waals surface area contributed by atoms with E-state index in [1.165, 1.54) is 28.3 Å². The van der Waals surface area contributed by atoms with Gasteiger partial charge in [-0.25, -0.2) is 4.39 Å². The second kappa shape index (κ2) is 6.57. The first kappa shape index (κ1) is 15.8. The van der Waals surface area contributed by atoms with Gasteiger partial charge in [0, 0.05) is 4.88 Å². The first-order valence-electron chi connectivity index (χ1n) is 7.01. The monoisotopic (exact) mass is 350 g/mol. The van der Waals surface area contributed by atoms with Crippen molar-refractivity contribution in [2.45, 2.75) is 19.3 Å². The van der Waals surface area contributed by atoms with Crippen LogP contribution in [0.3, 0.4) is 0 Å². The molecule has 4 nitrogen and oxygen atoms in total. The summed E-state index contributed by atoms with van der Waals surface area (Å²) in [5.41, 5.74) is 1.60. The number of aryl methyl sites for hydroxylation is 1. The van der Waals surface area contributed by atoms with Crippen LogP contribution in [0.1, 0.15) is 22.4 Å². The lowest BCUT2D eigenvalue weighted by atomic mass is 10.1. The van der Waals surface area contributed by atoms with Crippen LogP contribution >= 0.6 is 22.9 Å². The van der Waals surface area contributed by atoms with E-state index in [-0.39, 0.29) is 23.3 Å². The van der Waals surface area contributed by atoms with Crippen LogP contribution in [0.2, 0.25) is 5.02 Å². The van der Waals surface area contributed by atoms with Crippen LogP contribution < -0.4 is 10.1 Å². The minimum atomic E-state index is -0.474. The molecule has 1 aliphatic rings. The number of fused-ring (bicyclic) bond motifs is 1. The molecule has 3 rings (SSSR count). The number of hydrogen-bond donors (Lipinski definition) is 1. The Balaban J connectivity index is 1.65. The molecule has 1 amide bonds. The van der Waals surface area contributed by atoms with Crippen molar-refractivity contribution in [2.75, 3.05) is 11.9 Å². The SMILES string of the molecule is N#Cc1c(NC(=O)COc2ccc(F)cc2Cl)sc2c1CCC2. The zero-order valence-corrected chi connectivity index (χ0v) is 13.6. The molecule has 7 heteroatoms. The molecule has 0 radical (unpaired) electrons. The number of nitriles is 1. The predicted molar refractivity (Wildman–Crippen MR) is 86.6 cm³/mol. The fraction of sp³-hybridized carbons (Fsp3) is 0.250. The third-order valence-corrected chi connectivity index (χ3v) is 5.04. The van der Waals surface area contributed by atoms with E-state index < -0.39 is 5.82 Å². The first-order valence-corrected chi connectivity index (χ1v) is 8.20. The lowest BCUT2D eigenvalue weighted by Crippen LogP contribution is -2.20. The quantitative estimate of drug-likeness (QED) is 0.909. The van der Waals surface area contributed by atoms with Gasteiger partial charge in [0.2, 0.25) is 0 Å². The van der Waals surface area contributed by atoms with E-state index >= 15 is 0 Å². The summed E-state index contributed by atoms with van der Waals surface area (Å²) in [6.45, 7) is -0.265. The molecule has 23 heavy (non-hydrogen) atoms. The van der Waals surface area contributed by atoms with E-state index in [9.17, 15) is 14.4 Å². The van der Waals surface area contributed by atoms with Gasteiger partial charge in [-0.3, -0.25) is 4.79 Å². The number of nitrogens with one attached hydrogen (secondary N) is 1. The van der Waals surface area contributed by atoms with Crippen LogP contribution in [0.25, 0.3) is 0 Å². The Morgan fingerprint density at radius 2 is 2.30 bits per heavy atom. The fourth-order valence-electron chi connectivity index (χ4n) is 2.51. The van der Waals surface area contributed by atoms with Crippen molar-refractivity contribution in [1.29, 1.82) is 5.26 Å². The van der Waals surface area contributed by atoms with E-state index in [0.717, 1.165) is 30.9 Å². The highest BCUT2D eigenvalue weighted by molar-refractivity contribution is 7.16. The minimum Gasteiger partial charge on any atom is -0.482 e. The Bertz CT molecular complexity index is 813. The molecule has 118 valence electrons. The zero-order chi connectivity index (χ0) is 16.4. The summed E-state index contributed by atoms with van der Waals surface area (Å²) in [6.07, 6.45) is 2.88. The lowest BCUT2D eigenvalue weighted by Gasteiger charge is -2.08. The van der Waals surface area contributed by atoms with E-state index in [0.29, 0.717) is 10.6 Å². The fourth-order valence-corrected chi connectivity index (χ4v) is 3.99. The third-order valence-electron chi connectivity index (χ3n) is 3.54. The molecular weight excluding hydrogens is 339 g/mol. The molecule has 2 aromatic rings. The molecule has 0 saturated carbocycles. The van der Waals surface area contributed by atoms with Crippen LogP contribution in [0.4, 0.5) is 9.39 Å². The number of hydrogen-bond acceptors (Lipinski definition) is 4. The van der Waals surface area contributed by atoms with E-state index in [1.807, 2.05) is 0 Å². The molecule has 0 bridgehead atoms. The largest absolute Gasteiger partial charge is 0.482 e. The molecule has 0 fully saturated rings. The van der Waals surface area contributed by atoms with Crippen LogP contribution in [-0.2, 0) is 17.6 Å². The van der Waals surface area contributed by atoms with Crippen LogP contribution in [0.5, 0.6) is 5.75 Å². The van der Waals surface area contributed by atoms with Crippen LogP contribution in [0.15, 0.2) is 18.2 Å². The van der Waals surface area contributed by atoms with Crippen molar-refractivity contribution in [2.24, 2.45) is 0 Å². The first-order chi connectivity index (χ1) is 11.1. The second-order valence-electron chi connectivity index (χ2n) is 5.08. The maximum Gasteiger partial charge on any atom is 0.262 e. The van der Waals surface area contributed by atoms with E-state index in [1.54, 1.807) is 0 Å². The van der Waals surface area contributed by atoms with Gasteiger partial charge in [0.25, 0.3) is 5.91 Å². The van der Waals surface area contributed by atoms with Crippen molar-refractivity contribution in [1.82, 2.24) is 0 Å². The Morgan fingerprint density at radius 1 is 1.48 bits per heavy atom. The number of halogens is 2. The van der Waals surface area contributed by atoms with Crippen molar-refractivity contribution in [3.63, 3.8) is 0 Å². The molecule has 1 N–H and O–H groups in total. The smallest absolute Gasteiger partial charge is 0.262 e. The van der Waals surface area contributed by atoms with Crippen molar-refractivity contribution < 1.29 is 13.9 Å². The molecule has 1 aromatic heterocycles. The molecule has 0 spiro atoms. The minimum absolute atomic E-state index is 0.102. The van der Waals surface area contributed by atoms with Gasteiger partial charge in [-0.1, -0.05) is 11.6 Å². The normalized spacial score (nSPS) is 12.6. The Labute approximate surface area is 141 Å². The Kier molecular flexibility index (Phi) is 4.51. The Hall–Kier alpha value is -2.10. The zero-order valence-electron chi connectivity index (χ0n) is 12.0. The maximum atomic E-state index is 12.9. The van der Waals surface area contributed by atoms with Crippen LogP contribution in [0, 0.1) is 17.1 Å². The van der Waals surface area contributed by atoms with Crippen molar-refractivity contribution in [3.8, 4) is 11.8 Å². The third kappa shape index (κ3) is 3.31. The summed E-state index contributed by atoms with van der Waals surface area (Å²) in [5.74, 6) is -0.627. The van der Waals surface area contributed by atoms with Gasteiger partial charge in [-0.15, -0.1) is 11.3 Å². The summed E-state index contributed by atoms with van der Waals surface area (Å²) in [5, 5.41) is 12.7. The van der Waals surface area contributed by atoms with Crippen molar-refractivity contribution >= 4 is 33.8 Å². The molecule has 1 aromatic carbocycles. The number of anilines is 1. The summed E-state index contributed by atoms with van der Waals surface area (Å²) in [7, 11) is 0. The number of nitrogens with zero attached hydrogens (tertiary/aromatic N) is 1. The summed E-state index contributed by atoms with van der Waals surface area (Å²) >= 11 is 7.28. The number of carbonyl (C=O) groups is 1. The molecule has 1 heterocycles. The molecule has 0 unspecified atom stereocenters. The van der Waals surface area contributed by atoms with Gasteiger partial charge in [0.1, 0.15) is 22.6 Å². The average Bonchev–Trinajstić information content (AvgIpc) is 3.06. The topological polar surface area (TPSA) is 62.1 Å². The van der Waals surface area contributed by atoms with Gasteiger partial charge in [-0.05, 0) is 43.0 Å². The number of amides is 1. The number of rotatable bonds is 4. The lowest BCUT2D eigenvalue weighted by molar-refractivity contribution is -0.118. The molecule has 0 atom stereocenters. The number of carbonyl (C=O) groups excluding carboxylic acids is 1. The van der Waals surface area contributed by atoms with Gasteiger partial charge >= 0.3 is 0 Å². The summed E-state index contributed by atoms with van der Waals surface area (Å²) in [6, 6.07) is 5.85. The molecular formula is C16H12ClFN2O2S. The maximum absolute atomic E-state index is 12.9. The number of benzene rings is 1. The molecule has 1 aliphatic carbocycles. The highest BCUT2D eigenvalue weighted by Gasteiger charge is 2.23. The van der Waals surface area contributed by atoms with E-state index in [4.69, 9.17) is 16.3 Å². The summed E-state index contributed by atoms with van der Waals surface area (Å²) < 4.78 is 18.2. The average molecular weight is 351 g/mol. The van der Waals surface area contributed by atoms with E-state index in [2.05, 4.69) is 11.4 Å². The van der Waals surface area contributed by atoms with Gasteiger partial charge in [-0.2, -0.15) is 5.26 Å². The number of ether oxygens (including phenoxy) is 1. The van der Waals surface area contributed by atoms with Crippen molar-refractivity contribution in [3.05, 3.63) is 45.0 Å².